The fourth-order valence-corrected chi connectivity index (χ4v) is 4.16. The van der Waals surface area contributed by atoms with Crippen LogP contribution in [0.1, 0.15) is 6.42 Å². The number of ether oxygens (including phenoxy) is 4. The Balaban J connectivity index is 1.78. The Morgan fingerprint density at radius 3 is 1.87 bits per heavy atom. The minimum atomic E-state index is -1.51. The summed E-state index contributed by atoms with van der Waals surface area (Å²) in [6, 6.07) is -2.72. The van der Waals surface area contributed by atoms with E-state index in [1.165, 1.54) is 0 Å². The fraction of sp³-hybridized carbons (Fsp3) is 1.00. The van der Waals surface area contributed by atoms with E-state index >= 15 is 0 Å². The lowest BCUT2D eigenvalue weighted by Gasteiger charge is -2.47. The molecule has 0 bridgehead atoms. The lowest BCUT2D eigenvalue weighted by molar-refractivity contribution is -0.306. The van der Waals surface area contributed by atoms with Gasteiger partial charge in [-0.1, -0.05) is 0 Å². The van der Waals surface area contributed by atoms with Gasteiger partial charge < -0.3 is 72.5 Å². The largest absolute Gasteiger partial charge is 0.394 e. The SMILES string of the molecule is NCC1O[C@H](O[C@@H]2C(N)C[C@@H](N)[C@@H](O)C2O[C@@H]2O[C@H](CO)[C@H](O)C2O)C(N)[C@@H](O)[C@@H]1O. The first-order chi connectivity index (χ1) is 14.6. The van der Waals surface area contributed by atoms with Crippen molar-refractivity contribution in [3.63, 3.8) is 0 Å². The standard InChI is InChI=1S/C17H34N4O10/c18-2-6-10(24)12(26)8(21)16(28-6)30-14-5(20)1-4(19)9(23)15(14)31-17-13(27)11(25)7(3-22)29-17/h4-17,22-27H,1-3,18-21H2/t4-,5?,6?,7-,8?,9-,10-,11+,12-,13?,14-,15?,16-,17+/m1/s1. The van der Waals surface area contributed by atoms with Crippen LogP contribution in [0.4, 0.5) is 0 Å². The van der Waals surface area contributed by atoms with Crippen LogP contribution in [0.2, 0.25) is 0 Å². The average Bonchev–Trinajstić information content (AvgIpc) is 3.02. The first-order valence-electron chi connectivity index (χ1n) is 10.2. The van der Waals surface area contributed by atoms with Gasteiger partial charge in [0.1, 0.15) is 48.8 Å². The van der Waals surface area contributed by atoms with Gasteiger partial charge in [-0.25, -0.2) is 0 Å². The van der Waals surface area contributed by atoms with Crippen LogP contribution in [0.5, 0.6) is 0 Å². The van der Waals surface area contributed by atoms with Crippen molar-refractivity contribution in [3.05, 3.63) is 0 Å². The normalized spacial score (nSPS) is 53.6. The number of hydrogen-bond donors (Lipinski definition) is 10. The first-order valence-corrected chi connectivity index (χ1v) is 10.2. The Bertz CT molecular complexity index is 591. The van der Waals surface area contributed by atoms with Crippen molar-refractivity contribution < 1.29 is 49.6 Å². The molecule has 14 atom stereocenters. The van der Waals surface area contributed by atoms with Gasteiger partial charge in [0.05, 0.1) is 18.8 Å². The maximum absolute atomic E-state index is 10.6. The summed E-state index contributed by atoms with van der Waals surface area (Å²) in [6.45, 7) is -0.673. The summed E-state index contributed by atoms with van der Waals surface area (Å²) >= 11 is 0. The van der Waals surface area contributed by atoms with Crippen LogP contribution in [0.15, 0.2) is 0 Å². The summed E-state index contributed by atoms with van der Waals surface area (Å²) < 4.78 is 22.5. The van der Waals surface area contributed by atoms with Gasteiger partial charge in [-0.2, -0.15) is 0 Å². The van der Waals surface area contributed by atoms with E-state index in [2.05, 4.69) is 0 Å². The number of aliphatic hydroxyl groups excluding tert-OH is 6. The van der Waals surface area contributed by atoms with E-state index in [-0.39, 0.29) is 13.0 Å². The Morgan fingerprint density at radius 2 is 1.29 bits per heavy atom. The molecule has 1 aliphatic carbocycles. The number of hydrogen-bond acceptors (Lipinski definition) is 14. The third kappa shape index (κ3) is 4.87. The van der Waals surface area contributed by atoms with Gasteiger partial charge in [0.15, 0.2) is 12.6 Å². The van der Waals surface area contributed by atoms with Gasteiger partial charge in [-0.15, -0.1) is 0 Å². The zero-order valence-electron chi connectivity index (χ0n) is 16.8. The molecule has 14 N–H and O–H groups in total. The molecule has 5 unspecified atom stereocenters. The highest BCUT2D eigenvalue weighted by Crippen LogP contribution is 2.31. The molecule has 14 heteroatoms. The Labute approximate surface area is 178 Å². The molecule has 2 heterocycles. The van der Waals surface area contributed by atoms with Gasteiger partial charge in [0, 0.05) is 18.6 Å². The summed E-state index contributed by atoms with van der Waals surface area (Å²) in [6.07, 6.45) is -13.8. The van der Waals surface area contributed by atoms with Crippen LogP contribution in [-0.2, 0) is 18.9 Å². The fourth-order valence-electron chi connectivity index (χ4n) is 4.16. The molecule has 3 rings (SSSR count). The zero-order chi connectivity index (χ0) is 23.0. The number of aliphatic hydroxyl groups is 6. The predicted octanol–water partition coefficient (Wildman–Crippen LogP) is -6.65. The summed E-state index contributed by atoms with van der Waals surface area (Å²) in [5.41, 5.74) is 23.6. The molecule has 0 radical (unpaired) electrons. The second-order valence-electron chi connectivity index (χ2n) is 8.30. The summed E-state index contributed by atoms with van der Waals surface area (Å²) in [4.78, 5) is 0. The lowest BCUT2D eigenvalue weighted by atomic mass is 9.84. The van der Waals surface area contributed by atoms with Crippen molar-refractivity contribution >= 4 is 0 Å². The maximum atomic E-state index is 10.6. The molecule has 0 aromatic rings. The second kappa shape index (κ2) is 10.1. The minimum absolute atomic E-state index is 0.114. The average molecular weight is 454 g/mol. The quantitative estimate of drug-likeness (QED) is 0.179. The van der Waals surface area contributed by atoms with Gasteiger partial charge in [0.2, 0.25) is 0 Å². The molecule has 0 spiro atoms. The third-order valence-electron chi connectivity index (χ3n) is 6.13. The van der Waals surface area contributed by atoms with Crippen molar-refractivity contribution in [1.82, 2.24) is 0 Å². The molecule has 3 fully saturated rings. The predicted molar refractivity (Wildman–Crippen MR) is 102 cm³/mol. The Hall–Kier alpha value is -0.560. The number of rotatable bonds is 6. The van der Waals surface area contributed by atoms with Crippen molar-refractivity contribution in [1.29, 1.82) is 0 Å². The van der Waals surface area contributed by atoms with Crippen LogP contribution in [0.25, 0.3) is 0 Å². The molecule has 31 heavy (non-hydrogen) atoms. The molecular formula is C17H34N4O10. The van der Waals surface area contributed by atoms with Crippen LogP contribution in [0, 0.1) is 0 Å². The van der Waals surface area contributed by atoms with Gasteiger partial charge >= 0.3 is 0 Å². The van der Waals surface area contributed by atoms with E-state index in [1.807, 2.05) is 0 Å². The highest BCUT2D eigenvalue weighted by Gasteiger charge is 2.52. The summed E-state index contributed by atoms with van der Waals surface area (Å²) in [5.74, 6) is 0. The monoisotopic (exact) mass is 454 g/mol. The van der Waals surface area contributed by atoms with Crippen molar-refractivity contribution in [2.75, 3.05) is 13.2 Å². The third-order valence-corrected chi connectivity index (χ3v) is 6.13. The van der Waals surface area contributed by atoms with Crippen molar-refractivity contribution in [2.45, 2.75) is 92.1 Å². The van der Waals surface area contributed by atoms with Gasteiger partial charge in [-0.05, 0) is 6.42 Å². The summed E-state index contributed by atoms with van der Waals surface area (Å²) in [7, 11) is 0. The zero-order valence-corrected chi connectivity index (χ0v) is 16.8. The topological polar surface area (TPSA) is 262 Å². The summed E-state index contributed by atoms with van der Waals surface area (Å²) in [5, 5.41) is 60.2. The Morgan fingerprint density at radius 1 is 0.710 bits per heavy atom. The first kappa shape index (κ1) is 25.1. The maximum Gasteiger partial charge on any atom is 0.187 e. The molecule has 2 saturated heterocycles. The molecule has 3 aliphatic rings. The van der Waals surface area contributed by atoms with Crippen LogP contribution >= 0.6 is 0 Å². The minimum Gasteiger partial charge on any atom is -0.394 e. The Kier molecular flexibility index (Phi) is 8.21. The highest BCUT2D eigenvalue weighted by atomic mass is 16.7. The van der Waals surface area contributed by atoms with E-state index < -0.39 is 92.2 Å². The van der Waals surface area contributed by atoms with Crippen molar-refractivity contribution in [2.24, 2.45) is 22.9 Å². The second-order valence-corrected chi connectivity index (χ2v) is 8.30. The van der Waals surface area contributed by atoms with Gasteiger partial charge in [-0.3, -0.25) is 0 Å². The van der Waals surface area contributed by atoms with E-state index in [0.29, 0.717) is 0 Å². The smallest absolute Gasteiger partial charge is 0.187 e. The molecular weight excluding hydrogens is 420 g/mol. The van der Waals surface area contributed by atoms with E-state index in [9.17, 15) is 30.6 Å². The van der Waals surface area contributed by atoms with E-state index in [4.69, 9.17) is 41.9 Å². The molecule has 1 saturated carbocycles. The molecule has 2 aliphatic heterocycles. The molecule has 0 aromatic heterocycles. The van der Waals surface area contributed by atoms with Crippen LogP contribution < -0.4 is 22.9 Å². The molecule has 0 aromatic carbocycles. The van der Waals surface area contributed by atoms with E-state index in [1.54, 1.807) is 0 Å². The molecule has 14 nitrogen and oxygen atoms in total. The van der Waals surface area contributed by atoms with Crippen LogP contribution in [0.3, 0.4) is 0 Å². The van der Waals surface area contributed by atoms with Gasteiger partial charge in [0.25, 0.3) is 0 Å². The van der Waals surface area contributed by atoms with E-state index in [0.717, 1.165) is 0 Å². The van der Waals surface area contributed by atoms with Crippen LogP contribution in [-0.4, -0.2) is 129 Å². The van der Waals surface area contributed by atoms with Crippen molar-refractivity contribution in [3.8, 4) is 0 Å². The lowest BCUT2D eigenvalue weighted by Crippen LogP contribution is -2.68. The molecule has 0 amide bonds. The molecule has 182 valence electrons. The highest BCUT2D eigenvalue weighted by molar-refractivity contribution is 5.01. The number of nitrogens with two attached hydrogens (primary N) is 4.